The van der Waals surface area contributed by atoms with Gasteiger partial charge in [-0.15, -0.1) is 0 Å². The van der Waals surface area contributed by atoms with E-state index in [2.05, 4.69) is 89.6 Å². The molecule has 4 N–H and O–H groups in total. The molecule has 332 valence electrons. The Hall–Kier alpha value is -8.06. The first-order valence-corrected chi connectivity index (χ1v) is 21.9. The highest BCUT2D eigenvalue weighted by molar-refractivity contribution is 5.96. The molecule has 0 bridgehead atoms. The van der Waals surface area contributed by atoms with E-state index in [1.54, 1.807) is 44.0 Å². The lowest BCUT2D eigenvalue weighted by Crippen LogP contribution is -2.44. The van der Waals surface area contributed by atoms with Crippen molar-refractivity contribution in [2.24, 2.45) is 0 Å². The van der Waals surface area contributed by atoms with E-state index in [9.17, 15) is 14.9 Å². The number of aromatic nitrogens is 5. The van der Waals surface area contributed by atoms with Gasteiger partial charge < -0.3 is 44.9 Å². The summed E-state index contributed by atoms with van der Waals surface area (Å²) >= 11 is 0. The lowest BCUT2D eigenvalue weighted by atomic mass is 10.0. The molecule has 2 saturated heterocycles. The summed E-state index contributed by atoms with van der Waals surface area (Å²) in [6.07, 6.45) is 6.66. The second-order valence-electron chi connectivity index (χ2n) is 16.4. The van der Waals surface area contributed by atoms with Gasteiger partial charge in [-0.2, -0.15) is 5.26 Å². The van der Waals surface area contributed by atoms with Crippen LogP contribution < -0.4 is 36.3 Å². The fourth-order valence-electron chi connectivity index (χ4n) is 8.36. The predicted octanol–water partition coefficient (Wildman–Crippen LogP) is 7.45. The first kappa shape index (κ1) is 43.2. The third kappa shape index (κ3) is 9.41. The molecule has 0 atom stereocenters. The van der Waals surface area contributed by atoms with Gasteiger partial charge >= 0.3 is 0 Å². The van der Waals surface area contributed by atoms with Gasteiger partial charge in [0.1, 0.15) is 17.4 Å². The number of hydrogen-bond donors (Lipinski definition) is 4. The molecule has 2 aliphatic heterocycles. The summed E-state index contributed by atoms with van der Waals surface area (Å²) in [5.41, 5.74) is 7.02. The van der Waals surface area contributed by atoms with E-state index in [4.69, 9.17) is 14.7 Å². The van der Waals surface area contributed by atoms with Crippen molar-refractivity contribution in [3.8, 4) is 34.3 Å². The highest BCUT2D eigenvalue weighted by atomic mass is 16.5. The predicted molar refractivity (Wildman–Crippen MR) is 264 cm³/mol. The zero-order chi connectivity index (χ0) is 45.6. The molecule has 66 heavy (non-hydrogen) atoms. The number of nitrogens with one attached hydrogen (secondary N) is 4. The molecule has 0 amide bonds. The number of likely N-dealkylation sites (N-methyl/N-ethyl adjacent to an activating group) is 2. The number of aromatic amines is 2. The zero-order valence-corrected chi connectivity index (χ0v) is 37.1. The smallest absolute Gasteiger partial charge is 0.259 e. The Labute approximate surface area is 382 Å². The van der Waals surface area contributed by atoms with Gasteiger partial charge in [-0.25, -0.2) is 9.97 Å². The van der Waals surface area contributed by atoms with E-state index in [0.29, 0.717) is 45.1 Å². The molecule has 0 spiro atoms. The number of methoxy groups -OCH3 is 1. The van der Waals surface area contributed by atoms with Crippen molar-refractivity contribution < 1.29 is 4.74 Å². The summed E-state index contributed by atoms with van der Waals surface area (Å²) in [7, 11) is 5.91. The van der Waals surface area contributed by atoms with Crippen molar-refractivity contribution in [2.45, 2.75) is 0 Å². The molecule has 7 heterocycles. The lowest BCUT2D eigenvalue weighted by molar-refractivity contribution is 0.313. The van der Waals surface area contributed by atoms with Crippen molar-refractivity contribution >= 4 is 55.9 Å². The Morgan fingerprint density at radius 1 is 0.621 bits per heavy atom. The molecule has 2 aliphatic rings. The summed E-state index contributed by atoms with van der Waals surface area (Å²) in [5, 5.41) is 18.8. The number of benzene rings is 3. The Morgan fingerprint density at radius 2 is 1.11 bits per heavy atom. The van der Waals surface area contributed by atoms with Crippen LogP contribution in [0.5, 0.6) is 5.75 Å². The second kappa shape index (κ2) is 19.4. The highest BCUT2D eigenvalue weighted by Gasteiger charge is 2.18. The minimum atomic E-state index is -0.211. The Bertz CT molecular complexity index is 3150. The van der Waals surface area contributed by atoms with E-state index in [-0.39, 0.29) is 11.1 Å². The second-order valence-corrected chi connectivity index (χ2v) is 16.4. The number of ether oxygens (including phenoxy) is 1. The van der Waals surface area contributed by atoms with Crippen molar-refractivity contribution in [1.82, 2.24) is 34.7 Å². The molecule has 10 rings (SSSR count). The van der Waals surface area contributed by atoms with E-state index in [0.717, 1.165) is 85.6 Å². The normalized spacial score (nSPS) is 14.3. The maximum Gasteiger partial charge on any atom is 0.259 e. The van der Waals surface area contributed by atoms with Crippen LogP contribution in [0.3, 0.4) is 0 Å². The first-order valence-electron chi connectivity index (χ1n) is 21.9. The molecule has 3 aromatic carbocycles. The Morgan fingerprint density at radius 3 is 1.59 bits per heavy atom. The minimum absolute atomic E-state index is 0.193. The van der Waals surface area contributed by atoms with Crippen LogP contribution >= 0.6 is 0 Å². The topological polar surface area (TPSA) is 174 Å². The molecule has 8 aromatic rings. The number of hydrogen-bond acceptors (Lipinski definition) is 13. The number of fused-ring (bicyclic) bond motifs is 2. The largest absolute Gasteiger partial charge is 0.496 e. The van der Waals surface area contributed by atoms with Gasteiger partial charge in [0.2, 0.25) is 0 Å². The fraction of sp³-hybridized carbons (Fsp3) is 0.216. The third-order valence-corrected chi connectivity index (χ3v) is 12.1. The Kier molecular flexibility index (Phi) is 12.7. The maximum atomic E-state index is 12.7. The van der Waals surface area contributed by atoms with E-state index >= 15 is 0 Å². The van der Waals surface area contributed by atoms with Crippen LogP contribution in [-0.2, 0) is 0 Å². The van der Waals surface area contributed by atoms with Crippen LogP contribution in [0.15, 0.2) is 138 Å². The lowest BCUT2D eigenvalue weighted by Gasteiger charge is -2.34. The van der Waals surface area contributed by atoms with Gasteiger partial charge in [-0.3, -0.25) is 14.6 Å². The van der Waals surface area contributed by atoms with Gasteiger partial charge in [0, 0.05) is 105 Å². The van der Waals surface area contributed by atoms with Gasteiger partial charge in [-0.1, -0.05) is 18.2 Å². The molecular weight excluding hydrogens is 829 g/mol. The van der Waals surface area contributed by atoms with Crippen molar-refractivity contribution in [3.05, 3.63) is 154 Å². The van der Waals surface area contributed by atoms with Crippen molar-refractivity contribution in [3.63, 3.8) is 0 Å². The van der Waals surface area contributed by atoms with Crippen molar-refractivity contribution in [2.75, 3.05) is 94.0 Å². The molecule has 0 unspecified atom stereocenters. The standard InChI is InChI=1S/C26H24N6O.C25H26N6O2/c1-31-12-14-32(15-13-31)21-8-6-20(7-9-21)29-25-24-18(10-11-28-26(24)33)16-23(30-25)22-5-3-2-4-19(22)17-27;1-30-11-13-31(14-12-30)19-5-3-18(4-6-19)28-24-23-17(7-10-27-25(23)32)15-21(29-24)20-16-26-9-8-22(20)33-2/h2-11,16H,12-15H2,1H3,(H,28,33)(H,29,30);3-10,15-16H,11-14H2,1-2H3,(H,27,32)(H,28,29). The molecule has 15 heteroatoms. The molecular formula is C51H50N12O3. The fourth-order valence-corrected chi connectivity index (χ4v) is 8.36. The molecule has 2 fully saturated rings. The SMILES string of the molecule is CN1CCN(c2ccc(Nc3nc(-c4ccccc4C#N)cc4cc[nH]c(=O)c34)cc2)CC1.COc1ccncc1-c1cc2cc[nH]c(=O)c2c(Nc2ccc(N3CCN(C)CC3)cc2)n1. The third-order valence-electron chi connectivity index (χ3n) is 12.1. The van der Waals surface area contributed by atoms with Crippen LogP contribution in [0.2, 0.25) is 0 Å². The van der Waals surface area contributed by atoms with Crippen LogP contribution in [0.4, 0.5) is 34.4 Å². The van der Waals surface area contributed by atoms with Crippen LogP contribution in [0.1, 0.15) is 5.56 Å². The monoisotopic (exact) mass is 878 g/mol. The summed E-state index contributed by atoms with van der Waals surface area (Å²) < 4.78 is 5.50. The van der Waals surface area contributed by atoms with E-state index in [1.165, 1.54) is 11.4 Å². The number of nitrogens with zero attached hydrogens (tertiary/aromatic N) is 8. The minimum Gasteiger partial charge on any atom is -0.496 e. The van der Waals surface area contributed by atoms with Crippen LogP contribution in [0, 0.1) is 11.3 Å². The average Bonchev–Trinajstić information content (AvgIpc) is 3.35. The molecule has 0 saturated carbocycles. The highest BCUT2D eigenvalue weighted by Crippen LogP contribution is 2.34. The maximum absolute atomic E-state index is 12.7. The molecule has 15 nitrogen and oxygen atoms in total. The number of anilines is 6. The summed E-state index contributed by atoms with van der Waals surface area (Å²) in [6, 6.07) is 35.3. The summed E-state index contributed by atoms with van der Waals surface area (Å²) in [6.45, 7) is 8.26. The van der Waals surface area contributed by atoms with Crippen molar-refractivity contribution in [1.29, 1.82) is 5.26 Å². The first-order chi connectivity index (χ1) is 32.2. The van der Waals surface area contributed by atoms with Crippen LogP contribution in [0.25, 0.3) is 44.1 Å². The van der Waals surface area contributed by atoms with Crippen LogP contribution in [-0.4, -0.2) is 108 Å². The summed E-state index contributed by atoms with van der Waals surface area (Å²) in [4.78, 5) is 54.0. The number of H-pyrrole nitrogens is 2. The summed E-state index contributed by atoms with van der Waals surface area (Å²) in [5.74, 6) is 1.62. The average molecular weight is 879 g/mol. The molecule has 0 radical (unpaired) electrons. The molecule has 5 aromatic heterocycles. The number of rotatable bonds is 9. The quantitative estimate of drug-likeness (QED) is 0.113. The number of piperazine rings is 2. The number of nitriles is 1. The number of pyridine rings is 5. The molecule has 0 aliphatic carbocycles. The van der Waals surface area contributed by atoms with Gasteiger partial charge in [0.15, 0.2) is 0 Å². The zero-order valence-electron chi connectivity index (χ0n) is 37.1. The van der Waals surface area contributed by atoms with E-state index in [1.807, 2.05) is 66.7 Å². The van der Waals surface area contributed by atoms with Gasteiger partial charge in [0.05, 0.1) is 46.5 Å². The van der Waals surface area contributed by atoms with Gasteiger partial charge in [0.25, 0.3) is 11.1 Å². The van der Waals surface area contributed by atoms with E-state index < -0.39 is 0 Å². The Balaban J connectivity index is 0.000000166. The van der Waals surface area contributed by atoms with Gasteiger partial charge in [-0.05, 0) is 110 Å².